The molecule has 0 aromatic heterocycles. The average molecular weight is 342 g/mol. The lowest BCUT2D eigenvalue weighted by atomic mass is 10.0. The number of aryl methyl sites for hydroxylation is 1. The number of hydrogen-bond donors (Lipinski definition) is 2. The van der Waals surface area contributed by atoms with Gasteiger partial charge in [-0.2, -0.15) is 0 Å². The van der Waals surface area contributed by atoms with E-state index >= 15 is 0 Å². The van der Waals surface area contributed by atoms with Crippen molar-refractivity contribution in [1.82, 2.24) is 0 Å². The van der Waals surface area contributed by atoms with E-state index in [9.17, 15) is 14.9 Å². The molecule has 0 saturated heterocycles. The number of benzene rings is 2. The van der Waals surface area contributed by atoms with Gasteiger partial charge in [0.1, 0.15) is 18.0 Å². The molecule has 6 heteroatoms. The van der Waals surface area contributed by atoms with Crippen LogP contribution in [0.1, 0.15) is 34.5 Å². The predicted molar refractivity (Wildman–Crippen MR) is 98.3 cm³/mol. The van der Waals surface area contributed by atoms with Crippen molar-refractivity contribution in [3.05, 3.63) is 69.3 Å². The Kier molecular flexibility index (Phi) is 6.25. The molecular formula is C19H24N3O3+. The van der Waals surface area contributed by atoms with Gasteiger partial charge in [0, 0.05) is 17.2 Å². The fourth-order valence-corrected chi connectivity index (χ4v) is 2.78. The van der Waals surface area contributed by atoms with E-state index in [2.05, 4.69) is 50.6 Å². The number of nitro groups is 1. The Balaban J connectivity index is 2.21. The minimum atomic E-state index is -0.469. The highest BCUT2D eigenvalue weighted by atomic mass is 16.6. The van der Waals surface area contributed by atoms with Crippen LogP contribution in [0.25, 0.3) is 0 Å². The van der Waals surface area contributed by atoms with E-state index in [0.29, 0.717) is 24.1 Å². The molecule has 2 aromatic carbocycles. The summed E-state index contributed by atoms with van der Waals surface area (Å²) in [5.74, 6) is 0. The number of aldehydes is 1. The third-order valence-electron chi connectivity index (χ3n) is 4.34. The highest BCUT2D eigenvalue weighted by Gasteiger charge is 2.20. The fraction of sp³-hybridized carbons (Fsp3) is 0.316. The molecule has 0 unspecified atom stereocenters. The molecule has 132 valence electrons. The Morgan fingerprint density at radius 3 is 2.40 bits per heavy atom. The van der Waals surface area contributed by atoms with Crippen LogP contribution in [-0.4, -0.2) is 31.8 Å². The largest absolute Gasteiger partial charge is 0.373 e. The van der Waals surface area contributed by atoms with Crippen LogP contribution in [0.3, 0.4) is 0 Å². The van der Waals surface area contributed by atoms with E-state index in [0.717, 1.165) is 6.42 Å². The van der Waals surface area contributed by atoms with Crippen LogP contribution in [0.4, 0.5) is 11.4 Å². The number of quaternary nitrogens is 1. The average Bonchev–Trinajstić information content (AvgIpc) is 2.62. The summed E-state index contributed by atoms with van der Waals surface area (Å²) in [5, 5.41) is 14.4. The summed E-state index contributed by atoms with van der Waals surface area (Å²) in [6, 6.07) is 13.1. The molecule has 0 amide bonds. The molecule has 25 heavy (non-hydrogen) atoms. The molecule has 0 bridgehead atoms. The van der Waals surface area contributed by atoms with E-state index in [1.807, 2.05) is 0 Å². The van der Waals surface area contributed by atoms with Gasteiger partial charge in [0.2, 0.25) is 0 Å². The SMILES string of the molecule is CCc1ccc([C@H](CNc2ccc(C=O)cc2[N+](=O)[O-])[NH+](C)C)cc1. The molecule has 0 fully saturated rings. The second kappa shape index (κ2) is 8.39. The zero-order valence-electron chi connectivity index (χ0n) is 14.8. The van der Waals surface area contributed by atoms with Crippen molar-refractivity contribution in [2.75, 3.05) is 26.0 Å². The molecule has 2 rings (SSSR count). The molecule has 2 aromatic rings. The molecule has 1 atom stereocenters. The summed E-state index contributed by atoms with van der Waals surface area (Å²) in [5.41, 5.74) is 3.09. The lowest BCUT2D eigenvalue weighted by Crippen LogP contribution is -3.06. The Morgan fingerprint density at radius 2 is 1.88 bits per heavy atom. The maximum Gasteiger partial charge on any atom is 0.293 e. The minimum absolute atomic E-state index is 0.0848. The highest BCUT2D eigenvalue weighted by molar-refractivity contribution is 5.79. The van der Waals surface area contributed by atoms with Crippen molar-refractivity contribution in [3.63, 3.8) is 0 Å². The van der Waals surface area contributed by atoms with Crippen LogP contribution in [0.2, 0.25) is 0 Å². The number of likely N-dealkylation sites (N-methyl/N-ethyl adjacent to an activating group) is 1. The first-order chi connectivity index (χ1) is 12.0. The van der Waals surface area contributed by atoms with Gasteiger partial charge >= 0.3 is 0 Å². The van der Waals surface area contributed by atoms with Gasteiger partial charge in [-0.15, -0.1) is 0 Å². The third kappa shape index (κ3) is 4.64. The number of nitro benzene ring substituents is 1. The summed E-state index contributed by atoms with van der Waals surface area (Å²) in [6.45, 7) is 2.67. The summed E-state index contributed by atoms with van der Waals surface area (Å²) < 4.78 is 0. The number of rotatable bonds is 8. The van der Waals surface area contributed by atoms with Gasteiger partial charge in [0.15, 0.2) is 0 Å². The Labute approximate surface area is 147 Å². The van der Waals surface area contributed by atoms with Crippen molar-refractivity contribution in [2.24, 2.45) is 0 Å². The minimum Gasteiger partial charge on any atom is -0.373 e. The van der Waals surface area contributed by atoms with Crippen molar-refractivity contribution in [1.29, 1.82) is 0 Å². The summed E-state index contributed by atoms with van der Waals surface area (Å²) in [6.07, 6.45) is 1.60. The zero-order valence-corrected chi connectivity index (χ0v) is 14.8. The molecule has 0 radical (unpaired) electrons. The van der Waals surface area contributed by atoms with Gasteiger partial charge < -0.3 is 10.2 Å². The summed E-state index contributed by atoms with van der Waals surface area (Å²) in [4.78, 5) is 22.8. The van der Waals surface area contributed by atoms with Crippen molar-refractivity contribution in [3.8, 4) is 0 Å². The quantitative estimate of drug-likeness (QED) is 0.438. The lowest BCUT2D eigenvalue weighted by Gasteiger charge is -2.23. The monoisotopic (exact) mass is 342 g/mol. The van der Waals surface area contributed by atoms with Crippen molar-refractivity contribution >= 4 is 17.7 Å². The Morgan fingerprint density at radius 1 is 1.20 bits per heavy atom. The van der Waals surface area contributed by atoms with E-state index in [-0.39, 0.29) is 11.7 Å². The number of carbonyl (C=O) groups excluding carboxylic acids is 1. The lowest BCUT2D eigenvalue weighted by molar-refractivity contribution is -0.890. The molecule has 6 nitrogen and oxygen atoms in total. The summed E-state index contributed by atoms with van der Waals surface area (Å²) in [7, 11) is 4.12. The maximum atomic E-state index is 11.3. The van der Waals surface area contributed by atoms with Gasteiger partial charge in [0.25, 0.3) is 5.69 Å². The van der Waals surface area contributed by atoms with Crippen LogP contribution in [0.15, 0.2) is 42.5 Å². The van der Waals surface area contributed by atoms with E-state index < -0.39 is 4.92 Å². The van der Waals surface area contributed by atoms with Crippen molar-refractivity contribution in [2.45, 2.75) is 19.4 Å². The highest BCUT2D eigenvalue weighted by Crippen LogP contribution is 2.25. The zero-order chi connectivity index (χ0) is 18.4. The van der Waals surface area contributed by atoms with Gasteiger partial charge in [-0.1, -0.05) is 31.2 Å². The third-order valence-corrected chi connectivity index (χ3v) is 4.34. The van der Waals surface area contributed by atoms with Crippen LogP contribution in [0, 0.1) is 10.1 Å². The number of nitrogens with one attached hydrogen (secondary N) is 2. The second-order valence-electron chi connectivity index (χ2n) is 6.26. The molecule has 0 spiro atoms. The first-order valence-corrected chi connectivity index (χ1v) is 8.32. The van der Waals surface area contributed by atoms with Gasteiger partial charge in [-0.25, -0.2) is 0 Å². The first kappa shape index (κ1) is 18.6. The fourth-order valence-electron chi connectivity index (χ4n) is 2.78. The van der Waals surface area contributed by atoms with Gasteiger partial charge in [-0.05, 0) is 24.1 Å². The first-order valence-electron chi connectivity index (χ1n) is 8.32. The Hall–Kier alpha value is -2.73. The number of nitrogens with zero attached hydrogens (tertiary/aromatic N) is 1. The number of anilines is 1. The van der Waals surface area contributed by atoms with Crippen LogP contribution in [-0.2, 0) is 6.42 Å². The van der Waals surface area contributed by atoms with Crippen molar-refractivity contribution < 1.29 is 14.6 Å². The molecule has 0 heterocycles. The Bertz CT molecular complexity index is 742. The molecule has 0 aliphatic heterocycles. The summed E-state index contributed by atoms with van der Waals surface area (Å²) >= 11 is 0. The molecule has 0 aliphatic carbocycles. The van der Waals surface area contributed by atoms with Gasteiger partial charge in [-0.3, -0.25) is 14.9 Å². The predicted octanol–water partition coefficient (Wildman–Crippen LogP) is 2.27. The molecule has 2 N–H and O–H groups in total. The normalized spacial score (nSPS) is 12.0. The van der Waals surface area contributed by atoms with Gasteiger partial charge in [0.05, 0.1) is 25.6 Å². The van der Waals surface area contributed by atoms with E-state index in [1.165, 1.54) is 22.1 Å². The van der Waals surface area contributed by atoms with Crippen LogP contribution in [0.5, 0.6) is 0 Å². The molecule has 0 aliphatic rings. The second-order valence-corrected chi connectivity index (χ2v) is 6.26. The topological polar surface area (TPSA) is 76.7 Å². The van der Waals surface area contributed by atoms with Crippen LogP contribution < -0.4 is 10.2 Å². The number of hydrogen-bond acceptors (Lipinski definition) is 4. The molecular weight excluding hydrogens is 318 g/mol. The van der Waals surface area contributed by atoms with E-state index in [4.69, 9.17) is 0 Å². The standard InChI is InChI=1S/C19H23N3O3/c1-4-14-5-8-16(9-6-14)19(21(2)3)12-20-17-10-7-15(13-23)11-18(17)22(24)25/h5-11,13,19-20H,4,12H2,1-3H3/p+1/t19-/m0/s1. The smallest absolute Gasteiger partial charge is 0.293 e. The number of carbonyl (C=O) groups is 1. The maximum absolute atomic E-state index is 11.3. The van der Waals surface area contributed by atoms with Crippen LogP contribution >= 0.6 is 0 Å². The van der Waals surface area contributed by atoms with E-state index in [1.54, 1.807) is 12.1 Å². The molecule has 0 saturated carbocycles.